The predicted octanol–water partition coefficient (Wildman–Crippen LogP) is 1.60. The summed E-state index contributed by atoms with van der Waals surface area (Å²) >= 11 is 0. The van der Waals surface area contributed by atoms with E-state index in [9.17, 15) is 0 Å². The van der Waals surface area contributed by atoms with Crippen molar-refractivity contribution in [3.63, 3.8) is 0 Å². The second-order valence-corrected chi connectivity index (χ2v) is 6.23. The summed E-state index contributed by atoms with van der Waals surface area (Å²) in [6.45, 7) is 10.6. The molecule has 0 unspecified atom stereocenters. The summed E-state index contributed by atoms with van der Waals surface area (Å²) in [5, 5.41) is 11.0. The van der Waals surface area contributed by atoms with E-state index in [-0.39, 0.29) is 0 Å². The molecular weight excluding hydrogens is 288 g/mol. The maximum atomic E-state index is 4.65. The number of aryl methyl sites for hydroxylation is 1. The number of aromatic nitrogens is 2. The maximum absolute atomic E-state index is 4.65. The Labute approximate surface area is 140 Å². The summed E-state index contributed by atoms with van der Waals surface area (Å²) in [6, 6.07) is 2.01. The third-order valence-electron chi connectivity index (χ3n) is 4.67. The highest BCUT2D eigenvalue weighted by Crippen LogP contribution is 2.19. The molecule has 130 valence electrons. The van der Waals surface area contributed by atoms with Gasteiger partial charge in [-0.2, -0.15) is 5.10 Å². The molecule has 1 fully saturated rings. The lowest BCUT2D eigenvalue weighted by Crippen LogP contribution is -2.39. The number of rotatable bonds is 7. The van der Waals surface area contributed by atoms with E-state index in [4.69, 9.17) is 0 Å². The first-order chi connectivity index (χ1) is 11.2. The third-order valence-corrected chi connectivity index (χ3v) is 4.67. The number of likely N-dealkylation sites (tertiary alicyclic amines) is 1. The van der Waals surface area contributed by atoms with Gasteiger partial charge >= 0.3 is 0 Å². The van der Waals surface area contributed by atoms with E-state index in [0.29, 0.717) is 6.54 Å². The van der Waals surface area contributed by atoms with E-state index in [1.807, 2.05) is 24.0 Å². The van der Waals surface area contributed by atoms with Crippen LogP contribution in [0.4, 0.5) is 0 Å². The van der Waals surface area contributed by atoms with Crippen LogP contribution in [0.2, 0.25) is 0 Å². The summed E-state index contributed by atoms with van der Waals surface area (Å²) in [6.07, 6.45) is 5.71. The molecule has 0 bridgehead atoms. The van der Waals surface area contributed by atoms with Crippen molar-refractivity contribution < 1.29 is 0 Å². The Bertz CT molecular complexity index is 473. The fourth-order valence-electron chi connectivity index (χ4n) is 3.04. The molecule has 0 aromatic carbocycles. The smallest absolute Gasteiger partial charge is 0.191 e. The molecule has 23 heavy (non-hydrogen) atoms. The van der Waals surface area contributed by atoms with Crippen molar-refractivity contribution in [1.82, 2.24) is 25.3 Å². The molecule has 0 aliphatic carbocycles. The average molecular weight is 320 g/mol. The van der Waals surface area contributed by atoms with Crippen LogP contribution in [0.5, 0.6) is 0 Å². The van der Waals surface area contributed by atoms with Crippen LogP contribution >= 0.6 is 0 Å². The zero-order valence-corrected chi connectivity index (χ0v) is 14.9. The number of hydrogen-bond acceptors (Lipinski definition) is 3. The molecule has 1 aromatic rings. The van der Waals surface area contributed by atoms with Crippen LogP contribution in [0.15, 0.2) is 17.3 Å². The Morgan fingerprint density at radius 3 is 2.70 bits per heavy atom. The van der Waals surface area contributed by atoms with Gasteiger partial charge in [0.1, 0.15) is 0 Å². The number of nitrogens with one attached hydrogen (secondary N) is 2. The number of hydrogen-bond donors (Lipinski definition) is 2. The van der Waals surface area contributed by atoms with E-state index in [0.717, 1.165) is 30.7 Å². The topological polar surface area (TPSA) is 57.5 Å². The van der Waals surface area contributed by atoms with Crippen LogP contribution in [0.3, 0.4) is 0 Å². The quantitative estimate of drug-likeness (QED) is 0.592. The zero-order valence-electron chi connectivity index (χ0n) is 14.9. The van der Waals surface area contributed by atoms with Crippen molar-refractivity contribution in [1.29, 1.82) is 0 Å². The molecule has 2 N–H and O–H groups in total. The van der Waals surface area contributed by atoms with Crippen LogP contribution in [0.1, 0.15) is 38.8 Å². The van der Waals surface area contributed by atoms with Crippen molar-refractivity contribution in [2.24, 2.45) is 18.0 Å². The van der Waals surface area contributed by atoms with Gasteiger partial charge in [-0.05, 0) is 57.8 Å². The molecule has 0 saturated carbocycles. The van der Waals surface area contributed by atoms with Gasteiger partial charge < -0.3 is 15.5 Å². The molecule has 0 radical (unpaired) electrons. The molecule has 0 atom stereocenters. The summed E-state index contributed by atoms with van der Waals surface area (Å²) < 4.78 is 1.87. The van der Waals surface area contributed by atoms with Crippen molar-refractivity contribution in [3.05, 3.63) is 18.0 Å². The Kier molecular flexibility index (Phi) is 7.39. The molecule has 6 heteroatoms. The van der Waals surface area contributed by atoms with Gasteiger partial charge in [-0.3, -0.25) is 4.68 Å². The van der Waals surface area contributed by atoms with Crippen LogP contribution in [-0.4, -0.2) is 53.4 Å². The summed E-state index contributed by atoms with van der Waals surface area (Å²) in [7, 11) is 1.95. The first-order valence-electron chi connectivity index (χ1n) is 8.94. The highest BCUT2D eigenvalue weighted by molar-refractivity contribution is 5.79. The second-order valence-electron chi connectivity index (χ2n) is 6.23. The monoisotopic (exact) mass is 320 g/mol. The normalized spacial score (nSPS) is 17.4. The van der Waals surface area contributed by atoms with Gasteiger partial charge in [0.15, 0.2) is 5.96 Å². The van der Waals surface area contributed by atoms with Crippen LogP contribution < -0.4 is 10.6 Å². The molecule has 0 spiro atoms. The molecule has 6 nitrogen and oxygen atoms in total. The highest BCUT2D eigenvalue weighted by Gasteiger charge is 2.17. The fourth-order valence-corrected chi connectivity index (χ4v) is 3.04. The number of aliphatic imine (C=N–C) groups is 1. The van der Waals surface area contributed by atoms with Gasteiger partial charge in [-0.25, -0.2) is 4.99 Å². The van der Waals surface area contributed by atoms with Gasteiger partial charge in [-0.15, -0.1) is 0 Å². The van der Waals surface area contributed by atoms with Crippen molar-refractivity contribution in [2.45, 2.75) is 39.7 Å². The van der Waals surface area contributed by atoms with Crippen molar-refractivity contribution in [2.75, 3.05) is 32.7 Å². The molecule has 0 amide bonds. The largest absolute Gasteiger partial charge is 0.357 e. The van der Waals surface area contributed by atoms with Gasteiger partial charge in [-0.1, -0.05) is 6.92 Å². The first-order valence-corrected chi connectivity index (χ1v) is 8.94. The van der Waals surface area contributed by atoms with E-state index < -0.39 is 0 Å². The van der Waals surface area contributed by atoms with E-state index in [2.05, 4.69) is 39.5 Å². The fraction of sp³-hybridized carbons (Fsp3) is 0.765. The standard InChI is InChI=1S/C17H32N6/c1-4-18-17(20-14-16-7-11-21-22(16)3)19-10-6-15-8-12-23(5-2)13-9-15/h7,11,15H,4-6,8-10,12-14H2,1-3H3,(H2,18,19,20). The molecule has 1 aliphatic heterocycles. The van der Waals surface area contributed by atoms with E-state index in [1.54, 1.807) is 0 Å². The summed E-state index contributed by atoms with van der Waals surface area (Å²) in [4.78, 5) is 7.20. The minimum atomic E-state index is 0.653. The Balaban J connectivity index is 1.73. The van der Waals surface area contributed by atoms with E-state index in [1.165, 1.54) is 38.9 Å². The molecule has 1 saturated heterocycles. The Morgan fingerprint density at radius 1 is 1.30 bits per heavy atom. The SMILES string of the molecule is CCNC(=NCc1ccnn1C)NCCC1CCN(CC)CC1. The lowest BCUT2D eigenvalue weighted by atomic mass is 9.93. The highest BCUT2D eigenvalue weighted by atomic mass is 15.3. The van der Waals surface area contributed by atoms with Crippen molar-refractivity contribution >= 4 is 5.96 Å². The number of guanidine groups is 1. The predicted molar refractivity (Wildman–Crippen MR) is 95.5 cm³/mol. The zero-order chi connectivity index (χ0) is 16.5. The molecule has 1 aliphatic rings. The van der Waals surface area contributed by atoms with E-state index >= 15 is 0 Å². The number of piperidine rings is 1. The van der Waals surface area contributed by atoms with Crippen LogP contribution in [0, 0.1) is 5.92 Å². The molecule has 1 aromatic heterocycles. The lowest BCUT2D eigenvalue weighted by molar-refractivity contribution is 0.187. The second kappa shape index (κ2) is 9.55. The van der Waals surface area contributed by atoms with Crippen LogP contribution in [-0.2, 0) is 13.6 Å². The third kappa shape index (κ3) is 5.86. The number of nitrogens with zero attached hydrogens (tertiary/aromatic N) is 4. The Hall–Kier alpha value is -1.56. The first kappa shape index (κ1) is 17.8. The van der Waals surface area contributed by atoms with Gasteiger partial charge in [0.25, 0.3) is 0 Å². The van der Waals surface area contributed by atoms with Crippen molar-refractivity contribution in [3.8, 4) is 0 Å². The molecular formula is C17H32N6. The maximum Gasteiger partial charge on any atom is 0.191 e. The molecule has 2 rings (SSSR count). The van der Waals surface area contributed by atoms with Gasteiger partial charge in [0.2, 0.25) is 0 Å². The lowest BCUT2D eigenvalue weighted by Gasteiger charge is -2.31. The summed E-state index contributed by atoms with van der Waals surface area (Å²) in [5.74, 6) is 1.75. The average Bonchev–Trinajstić information content (AvgIpc) is 2.98. The minimum absolute atomic E-state index is 0.653. The van der Waals surface area contributed by atoms with Crippen LogP contribution in [0.25, 0.3) is 0 Å². The van der Waals surface area contributed by atoms with Gasteiger partial charge in [0.05, 0.1) is 12.2 Å². The summed E-state index contributed by atoms with van der Waals surface area (Å²) in [5.41, 5.74) is 1.12. The Morgan fingerprint density at radius 2 is 2.09 bits per heavy atom. The minimum Gasteiger partial charge on any atom is -0.357 e. The molecule has 2 heterocycles. The van der Waals surface area contributed by atoms with Gasteiger partial charge in [0, 0.05) is 26.3 Å².